The second-order valence-electron chi connectivity index (χ2n) is 1.72. The van der Waals surface area contributed by atoms with Crippen LogP contribution in [0, 0.1) is 5.82 Å². The molecule has 0 heterocycles. The topological polar surface area (TPSA) is 12.0 Å². The Hall–Kier alpha value is -0.0300. The van der Waals surface area contributed by atoms with Gasteiger partial charge in [-0.2, -0.15) is 0 Å². The van der Waals surface area contributed by atoms with Gasteiger partial charge in [-0.05, 0) is 18.2 Å². The van der Waals surface area contributed by atoms with Crippen molar-refractivity contribution in [1.29, 1.82) is 0 Å². The van der Waals surface area contributed by atoms with Gasteiger partial charge in [-0.3, -0.25) is 0 Å². The predicted octanol–water partition coefficient (Wildman–Crippen LogP) is 3.24. The normalized spacial score (nSPS) is 9.50. The Balaban J connectivity index is 3.04. The third-order valence-electron chi connectivity index (χ3n) is 1.03. The summed E-state index contributed by atoms with van der Waals surface area (Å²) >= 11 is 7.35. The van der Waals surface area contributed by atoms with E-state index in [1.807, 2.05) is 22.9 Å². The Labute approximate surface area is 77.1 Å². The molecule has 4 heteroatoms. The Bertz CT molecular complexity index is 241. The molecule has 0 amide bonds. The van der Waals surface area contributed by atoms with Crippen LogP contribution in [-0.4, -0.2) is 0 Å². The fourth-order valence-corrected chi connectivity index (χ4v) is 1.01. The van der Waals surface area contributed by atoms with Crippen LogP contribution in [0.5, 0.6) is 0 Å². The van der Waals surface area contributed by atoms with E-state index in [4.69, 9.17) is 11.6 Å². The standard InChI is InChI=1S/C6H4ClFIN/c7-5-2-1-4(10-9)3-6(5)8/h1-3,10H. The molecule has 1 aromatic carbocycles. The molecule has 0 radical (unpaired) electrons. The summed E-state index contributed by atoms with van der Waals surface area (Å²) in [5.74, 6) is -0.400. The highest BCUT2D eigenvalue weighted by Crippen LogP contribution is 2.19. The third kappa shape index (κ3) is 1.73. The molecule has 0 aliphatic heterocycles. The second kappa shape index (κ2) is 3.39. The number of rotatable bonds is 1. The molecule has 0 saturated heterocycles. The van der Waals surface area contributed by atoms with Crippen LogP contribution >= 0.6 is 34.5 Å². The van der Waals surface area contributed by atoms with Gasteiger partial charge in [0.15, 0.2) is 0 Å². The molecular formula is C6H4ClFIN. The molecule has 1 rings (SSSR count). The smallest absolute Gasteiger partial charge is 0.143 e. The zero-order chi connectivity index (χ0) is 7.56. The minimum absolute atomic E-state index is 0.149. The number of hydrogen-bond acceptors (Lipinski definition) is 1. The van der Waals surface area contributed by atoms with Gasteiger partial charge in [-0.15, -0.1) is 0 Å². The summed E-state index contributed by atoms with van der Waals surface area (Å²) in [5.41, 5.74) is 0.711. The first kappa shape index (κ1) is 8.07. The summed E-state index contributed by atoms with van der Waals surface area (Å²) in [6.07, 6.45) is 0. The van der Waals surface area contributed by atoms with Crippen LogP contribution in [0.4, 0.5) is 10.1 Å². The molecule has 0 unspecified atom stereocenters. The molecule has 0 aliphatic rings. The quantitative estimate of drug-likeness (QED) is 0.611. The molecular weight excluding hydrogens is 267 g/mol. The maximum absolute atomic E-state index is 12.6. The zero-order valence-electron chi connectivity index (χ0n) is 4.87. The minimum Gasteiger partial charge on any atom is -0.328 e. The summed E-state index contributed by atoms with van der Waals surface area (Å²) in [7, 11) is 0. The summed E-state index contributed by atoms with van der Waals surface area (Å²) in [6.45, 7) is 0. The maximum Gasteiger partial charge on any atom is 0.143 e. The monoisotopic (exact) mass is 271 g/mol. The molecule has 0 fully saturated rings. The average Bonchev–Trinajstić information content (AvgIpc) is 1.95. The van der Waals surface area contributed by atoms with E-state index in [9.17, 15) is 4.39 Å². The van der Waals surface area contributed by atoms with Crippen molar-refractivity contribution in [2.24, 2.45) is 0 Å². The second-order valence-corrected chi connectivity index (χ2v) is 2.67. The van der Waals surface area contributed by atoms with Crippen molar-refractivity contribution in [3.8, 4) is 0 Å². The molecule has 1 N–H and O–H groups in total. The van der Waals surface area contributed by atoms with Crippen molar-refractivity contribution in [2.45, 2.75) is 0 Å². The lowest BCUT2D eigenvalue weighted by molar-refractivity contribution is 0.629. The van der Waals surface area contributed by atoms with Crippen LogP contribution in [0.3, 0.4) is 0 Å². The van der Waals surface area contributed by atoms with Gasteiger partial charge >= 0.3 is 0 Å². The summed E-state index contributed by atoms with van der Waals surface area (Å²) in [4.78, 5) is 0. The van der Waals surface area contributed by atoms with Gasteiger partial charge in [-0.25, -0.2) is 4.39 Å². The first-order valence-electron chi connectivity index (χ1n) is 2.55. The summed E-state index contributed by atoms with van der Waals surface area (Å²) in [5, 5.41) is 0.149. The van der Waals surface area contributed by atoms with E-state index in [-0.39, 0.29) is 5.02 Å². The summed E-state index contributed by atoms with van der Waals surface area (Å²) < 4.78 is 15.4. The van der Waals surface area contributed by atoms with Gasteiger partial charge in [0.25, 0.3) is 0 Å². The van der Waals surface area contributed by atoms with Crippen molar-refractivity contribution in [3.63, 3.8) is 0 Å². The minimum atomic E-state index is -0.400. The van der Waals surface area contributed by atoms with Gasteiger partial charge < -0.3 is 3.53 Å². The van der Waals surface area contributed by atoms with Gasteiger partial charge in [0.1, 0.15) is 5.82 Å². The van der Waals surface area contributed by atoms with Crippen LogP contribution in [0.2, 0.25) is 5.02 Å². The Morgan fingerprint density at radius 2 is 2.20 bits per heavy atom. The van der Waals surface area contributed by atoms with E-state index in [1.54, 1.807) is 6.07 Å². The molecule has 0 spiro atoms. The van der Waals surface area contributed by atoms with Crippen LogP contribution in [0.1, 0.15) is 0 Å². The van der Waals surface area contributed by atoms with E-state index < -0.39 is 5.82 Å². The lowest BCUT2D eigenvalue weighted by Gasteiger charge is -1.97. The Morgan fingerprint density at radius 3 is 2.70 bits per heavy atom. The molecule has 54 valence electrons. The van der Waals surface area contributed by atoms with Gasteiger partial charge in [-0.1, -0.05) is 11.6 Å². The van der Waals surface area contributed by atoms with Crippen molar-refractivity contribution >= 4 is 40.2 Å². The van der Waals surface area contributed by atoms with Gasteiger partial charge in [0.2, 0.25) is 0 Å². The van der Waals surface area contributed by atoms with Crippen LogP contribution in [0.15, 0.2) is 18.2 Å². The van der Waals surface area contributed by atoms with Crippen molar-refractivity contribution in [1.82, 2.24) is 0 Å². The highest BCUT2D eigenvalue weighted by atomic mass is 127. The fraction of sp³-hybridized carbons (Fsp3) is 0. The number of halogens is 3. The average molecular weight is 271 g/mol. The SMILES string of the molecule is Fc1cc(NI)ccc1Cl. The largest absolute Gasteiger partial charge is 0.328 e. The van der Waals surface area contributed by atoms with E-state index >= 15 is 0 Å². The van der Waals surface area contributed by atoms with Gasteiger partial charge in [0, 0.05) is 5.69 Å². The maximum atomic E-state index is 12.6. The van der Waals surface area contributed by atoms with Crippen molar-refractivity contribution < 1.29 is 4.39 Å². The van der Waals surface area contributed by atoms with E-state index in [0.717, 1.165) is 0 Å². The zero-order valence-corrected chi connectivity index (χ0v) is 7.78. The predicted molar refractivity (Wildman–Crippen MR) is 49.1 cm³/mol. The van der Waals surface area contributed by atoms with Crippen molar-refractivity contribution in [2.75, 3.05) is 3.53 Å². The Kier molecular flexibility index (Phi) is 2.73. The van der Waals surface area contributed by atoms with Crippen LogP contribution in [-0.2, 0) is 0 Å². The summed E-state index contributed by atoms with van der Waals surface area (Å²) in [6, 6.07) is 4.56. The van der Waals surface area contributed by atoms with Crippen LogP contribution in [0.25, 0.3) is 0 Å². The highest BCUT2D eigenvalue weighted by molar-refractivity contribution is 14.1. The molecule has 1 aromatic rings. The lowest BCUT2D eigenvalue weighted by Crippen LogP contribution is -1.81. The van der Waals surface area contributed by atoms with E-state index in [0.29, 0.717) is 5.69 Å². The number of anilines is 1. The molecule has 0 atom stereocenters. The molecule has 0 bridgehead atoms. The Morgan fingerprint density at radius 1 is 1.50 bits per heavy atom. The molecule has 0 aromatic heterocycles. The van der Waals surface area contributed by atoms with Gasteiger partial charge in [0.05, 0.1) is 27.9 Å². The molecule has 0 aliphatic carbocycles. The molecule has 1 nitrogen and oxygen atoms in total. The van der Waals surface area contributed by atoms with E-state index in [1.165, 1.54) is 12.1 Å². The van der Waals surface area contributed by atoms with Crippen LogP contribution < -0.4 is 3.53 Å². The first-order chi connectivity index (χ1) is 4.74. The fourth-order valence-electron chi connectivity index (χ4n) is 0.555. The number of benzene rings is 1. The highest BCUT2D eigenvalue weighted by Gasteiger charge is 1.98. The lowest BCUT2D eigenvalue weighted by atomic mass is 10.3. The van der Waals surface area contributed by atoms with E-state index in [2.05, 4.69) is 3.53 Å². The number of hydrogen-bond donors (Lipinski definition) is 1. The first-order valence-corrected chi connectivity index (χ1v) is 4.01. The third-order valence-corrected chi connectivity index (χ3v) is 1.96. The number of nitrogens with one attached hydrogen (secondary N) is 1. The molecule has 0 saturated carbocycles. The van der Waals surface area contributed by atoms with Crippen molar-refractivity contribution in [3.05, 3.63) is 29.0 Å². The molecule has 10 heavy (non-hydrogen) atoms.